The fourth-order valence-electron chi connectivity index (χ4n) is 4.25. The third kappa shape index (κ3) is 4.06. The molecule has 2 aromatic rings. The van der Waals surface area contributed by atoms with Gasteiger partial charge in [0.2, 0.25) is 0 Å². The van der Waals surface area contributed by atoms with Gasteiger partial charge in [-0.25, -0.2) is 4.98 Å². The summed E-state index contributed by atoms with van der Waals surface area (Å²) in [5.74, 6) is 2.94. The number of rotatable bonds is 6. The van der Waals surface area contributed by atoms with Crippen LogP contribution in [0.2, 0.25) is 0 Å². The highest BCUT2D eigenvalue weighted by Gasteiger charge is 2.42. The third-order valence-corrected chi connectivity index (χ3v) is 5.55. The Balaban J connectivity index is 1.27. The van der Waals surface area contributed by atoms with Gasteiger partial charge >= 0.3 is 0 Å². The molecule has 1 aromatic heterocycles. The van der Waals surface area contributed by atoms with E-state index in [0.29, 0.717) is 24.1 Å². The first-order valence-corrected chi connectivity index (χ1v) is 9.32. The molecule has 1 saturated heterocycles. The molecule has 6 nitrogen and oxygen atoms in total. The molecule has 2 atom stereocenters. The normalized spacial score (nSPS) is 24.6. The number of aromatic hydroxyl groups is 1. The van der Waals surface area contributed by atoms with Crippen molar-refractivity contribution in [2.24, 2.45) is 11.8 Å². The second-order valence-electron chi connectivity index (χ2n) is 7.43. The van der Waals surface area contributed by atoms with Crippen LogP contribution < -0.4 is 9.47 Å². The summed E-state index contributed by atoms with van der Waals surface area (Å²) in [6.45, 7) is 2.24. The van der Waals surface area contributed by atoms with E-state index in [1.807, 2.05) is 24.3 Å². The Labute approximate surface area is 158 Å². The number of likely N-dealkylation sites (tertiary alicyclic amines) is 1. The van der Waals surface area contributed by atoms with Crippen LogP contribution in [0, 0.1) is 11.8 Å². The average Bonchev–Trinajstić information content (AvgIpc) is 3.20. The predicted molar refractivity (Wildman–Crippen MR) is 100 cm³/mol. The van der Waals surface area contributed by atoms with Gasteiger partial charge in [-0.05, 0) is 61.1 Å². The van der Waals surface area contributed by atoms with Gasteiger partial charge < -0.3 is 14.6 Å². The third-order valence-electron chi connectivity index (χ3n) is 5.55. The van der Waals surface area contributed by atoms with E-state index in [1.54, 1.807) is 13.2 Å². The molecule has 142 valence electrons. The highest BCUT2D eigenvalue weighted by molar-refractivity contribution is 5.95. The van der Waals surface area contributed by atoms with Crippen LogP contribution in [0.25, 0.3) is 0 Å². The van der Waals surface area contributed by atoms with E-state index >= 15 is 0 Å². The summed E-state index contributed by atoms with van der Waals surface area (Å²) in [7, 11) is 1.66. The summed E-state index contributed by atoms with van der Waals surface area (Å²) in [6.07, 6.45) is 3.61. The minimum Gasteiger partial charge on any atom is -0.506 e. The topological polar surface area (TPSA) is 71.9 Å². The van der Waals surface area contributed by atoms with Crippen molar-refractivity contribution in [3.05, 3.63) is 48.3 Å². The Morgan fingerprint density at radius 3 is 2.37 bits per heavy atom. The number of methoxy groups -OCH3 is 1. The number of benzene rings is 1. The molecule has 0 amide bonds. The van der Waals surface area contributed by atoms with E-state index in [4.69, 9.17) is 9.47 Å². The molecule has 1 aliphatic carbocycles. The molecule has 0 spiro atoms. The lowest BCUT2D eigenvalue weighted by Gasteiger charge is -2.19. The summed E-state index contributed by atoms with van der Waals surface area (Å²) in [4.78, 5) is 18.6. The zero-order chi connectivity index (χ0) is 18.8. The molecule has 2 unspecified atom stereocenters. The van der Waals surface area contributed by atoms with Crippen LogP contribution in [0.4, 0.5) is 0 Å². The molecule has 4 rings (SSSR count). The van der Waals surface area contributed by atoms with Crippen LogP contribution in [-0.4, -0.2) is 53.6 Å². The van der Waals surface area contributed by atoms with Crippen molar-refractivity contribution in [2.75, 3.05) is 26.7 Å². The van der Waals surface area contributed by atoms with E-state index in [1.165, 1.54) is 12.3 Å². The molecule has 2 fully saturated rings. The van der Waals surface area contributed by atoms with Crippen LogP contribution in [-0.2, 0) is 0 Å². The van der Waals surface area contributed by atoms with Crippen LogP contribution >= 0.6 is 0 Å². The Morgan fingerprint density at radius 2 is 1.78 bits per heavy atom. The molecule has 1 aliphatic heterocycles. The van der Waals surface area contributed by atoms with Crippen LogP contribution in [0.15, 0.2) is 42.6 Å². The fourth-order valence-corrected chi connectivity index (χ4v) is 4.25. The van der Waals surface area contributed by atoms with Crippen LogP contribution in [0.1, 0.15) is 23.3 Å². The molecule has 1 aromatic carbocycles. The second-order valence-corrected chi connectivity index (χ2v) is 7.43. The number of fused-ring (bicyclic) bond motifs is 1. The molecule has 1 N–H and O–H groups in total. The fraction of sp³-hybridized carbons (Fsp3) is 0.429. The number of hydrogen-bond donors (Lipinski definition) is 1. The van der Waals surface area contributed by atoms with Crippen LogP contribution in [0.5, 0.6) is 17.2 Å². The molecule has 27 heavy (non-hydrogen) atoms. The van der Waals surface area contributed by atoms with Gasteiger partial charge in [0.15, 0.2) is 5.78 Å². The number of carbonyl (C=O) groups is 1. The lowest BCUT2D eigenvalue weighted by molar-refractivity contribution is 0.0931. The van der Waals surface area contributed by atoms with Crippen molar-refractivity contribution in [3.8, 4) is 17.2 Å². The lowest BCUT2D eigenvalue weighted by Crippen LogP contribution is -2.30. The molecule has 6 heteroatoms. The number of carbonyl (C=O) groups excluding carboxylic acids is 1. The Morgan fingerprint density at radius 1 is 1.11 bits per heavy atom. The van der Waals surface area contributed by atoms with Gasteiger partial charge in [0.25, 0.3) is 0 Å². The maximum atomic E-state index is 12.4. The van der Waals surface area contributed by atoms with Gasteiger partial charge in [-0.3, -0.25) is 9.69 Å². The zero-order valence-corrected chi connectivity index (χ0v) is 15.4. The predicted octanol–water partition coefficient (Wildman–Crippen LogP) is 2.77. The maximum Gasteiger partial charge on any atom is 0.195 e. The summed E-state index contributed by atoms with van der Waals surface area (Å²) in [6, 6.07) is 10.8. The zero-order valence-electron chi connectivity index (χ0n) is 15.4. The van der Waals surface area contributed by atoms with Gasteiger partial charge in [-0.15, -0.1) is 0 Å². The molecule has 2 heterocycles. The maximum absolute atomic E-state index is 12.4. The number of hydrogen-bond acceptors (Lipinski definition) is 6. The second kappa shape index (κ2) is 7.56. The molecule has 2 aliphatic rings. The van der Waals surface area contributed by atoms with Crippen LogP contribution in [0.3, 0.4) is 0 Å². The van der Waals surface area contributed by atoms with Crippen molar-refractivity contribution >= 4 is 5.78 Å². The standard InChI is InChI=1S/C21H24N2O4/c1-26-17-3-5-18(6-4-17)27-19-8-14-11-23(12-15(14)9-19)13-21(25)20-7-2-16(24)10-22-20/h2-7,10,14-15,19,24H,8-9,11-13H2,1H3. The first-order valence-electron chi connectivity index (χ1n) is 9.32. The number of aromatic nitrogens is 1. The van der Waals surface area contributed by atoms with Crippen molar-refractivity contribution in [3.63, 3.8) is 0 Å². The number of ether oxygens (including phenoxy) is 2. The van der Waals surface area contributed by atoms with Gasteiger partial charge in [0.05, 0.1) is 26.0 Å². The SMILES string of the molecule is COc1ccc(OC2CC3CN(CC(=O)c4ccc(O)cn4)CC3C2)cc1. The number of nitrogens with zero attached hydrogens (tertiary/aromatic N) is 2. The first kappa shape index (κ1) is 17.8. The van der Waals surface area contributed by atoms with E-state index in [-0.39, 0.29) is 17.6 Å². The van der Waals surface area contributed by atoms with Gasteiger partial charge in [-0.1, -0.05) is 0 Å². The van der Waals surface area contributed by atoms with E-state index < -0.39 is 0 Å². The summed E-state index contributed by atoms with van der Waals surface area (Å²) >= 11 is 0. The van der Waals surface area contributed by atoms with E-state index in [9.17, 15) is 9.90 Å². The Hall–Kier alpha value is -2.60. The minimum absolute atomic E-state index is 0.000932. The first-order chi connectivity index (χ1) is 13.1. The lowest BCUT2D eigenvalue weighted by atomic mass is 10.0. The largest absolute Gasteiger partial charge is 0.506 e. The molecule has 1 saturated carbocycles. The molecular formula is C21H24N2O4. The molecule has 0 radical (unpaired) electrons. The quantitative estimate of drug-likeness (QED) is 0.791. The van der Waals surface area contributed by atoms with Crippen molar-refractivity contribution in [1.82, 2.24) is 9.88 Å². The number of ketones is 1. The van der Waals surface area contributed by atoms with Gasteiger partial charge in [0, 0.05) is 13.1 Å². The van der Waals surface area contributed by atoms with Gasteiger partial charge in [0.1, 0.15) is 22.9 Å². The van der Waals surface area contributed by atoms with Crippen molar-refractivity contribution in [1.29, 1.82) is 0 Å². The van der Waals surface area contributed by atoms with Gasteiger partial charge in [-0.2, -0.15) is 0 Å². The van der Waals surface area contributed by atoms with E-state index in [2.05, 4.69) is 9.88 Å². The Kier molecular flexibility index (Phi) is 4.99. The summed E-state index contributed by atoms with van der Waals surface area (Å²) < 4.78 is 11.3. The number of pyridine rings is 1. The molecular weight excluding hydrogens is 344 g/mol. The monoisotopic (exact) mass is 368 g/mol. The number of Topliss-reactive ketones (excluding diaryl/α,β-unsaturated/α-hetero) is 1. The highest BCUT2D eigenvalue weighted by atomic mass is 16.5. The van der Waals surface area contributed by atoms with Crippen molar-refractivity contribution < 1.29 is 19.4 Å². The summed E-state index contributed by atoms with van der Waals surface area (Å²) in [5.41, 5.74) is 0.408. The van der Waals surface area contributed by atoms with E-state index in [0.717, 1.165) is 37.4 Å². The molecule has 0 bridgehead atoms. The smallest absolute Gasteiger partial charge is 0.195 e. The summed E-state index contributed by atoms with van der Waals surface area (Å²) in [5, 5.41) is 9.29. The average molecular weight is 368 g/mol. The van der Waals surface area contributed by atoms with Crippen molar-refractivity contribution in [2.45, 2.75) is 18.9 Å². The minimum atomic E-state index is 0.000932. The highest BCUT2D eigenvalue weighted by Crippen LogP contribution is 2.39. The Bertz CT molecular complexity index is 777.